The van der Waals surface area contributed by atoms with Crippen molar-refractivity contribution in [2.24, 2.45) is 0 Å². The van der Waals surface area contributed by atoms with Gasteiger partial charge >= 0.3 is 18.3 Å². The van der Waals surface area contributed by atoms with Crippen molar-refractivity contribution in [2.75, 3.05) is 26.3 Å². The van der Waals surface area contributed by atoms with Crippen LogP contribution >= 0.6 is 69.6 Å². The number of halogens is 6. The first-order chi connectivity index (χ1) is 22.9. The molecule has 4 aromatic rings. The van der Waals surface area contributed by atoms with Crippen LogP contribution in [0.3, 0.4) is 0 Å². The summed E-state index contributed by atoms with van der Waals surface area (Å²) < 4.78 is 15.5. The fraction of sp³-hybridized carbons (Fsp3) is 0.424. The Hall–Kier alpha value is -2.57. The number of nitrogens with one attached hydrogen (secondary N) is 1. The Kier molecular flexibility index (Phi) is 11.5. The number of benzene rings is 2. The molecule has 0 atom stereocenters. The van der Waals surface area contributed by atoms with Gasteiger partial charge in [-0.25, -0.2) is 23.5 Å². The Morgan fingerprint density at radius 1 is 0.714 bits per heavy atom. The van der Waals surface area contributed by atoms with E-state index in [-0.39, 0.29) is 19.8 Å². The summed E-state index contributed by atoms with van der Waals surface area (Å²) >= 11 is 34.0. The first kappa shape index (κ1) is 37.7. The average Bonchev–Trinajstić information content (AvgIpc) is 3.54. The number of hydrogen-bond acceptors (Lipinski definition) is 7. The van der Waals surface area contributed by atoms with Crippen molar-refractivity contribution < 1.29 is 28.6 Å². The van der Waals surface area contributed by atoms with E-state index in [1.54, 1.807) is 9.47 Å². The van der Waals surface area contributed by atoms with E-state index in [0.29, 0.717) is 30.7 Å². The third-order valence-corrected chi connectivity index (χ3v) is 8.38. The zero-order valence-electron chi connectivity index (χ0n) is 26.8. The Bertz CT molecular complexity index is 1870. The molecule has 4 heterocycles. The Morgan fingerprint density at radius 2 is 1.20 bits per heavy atom. The zero-order valence-corrected chi connectivity index (χ0v) is 31.4. The van der Waals surface area contributed by atoms with Crippen molar-refractivity contribution >= 4 is 110 Å². The van der Waals surface area contributed by atoms with E-state index >= 15 is 0 Å². The van der Waals surface area contributed by atoms with Crippen molar-refractivity contribution in [1.82, 2.24) is 19.4 Å². The molecule has 10 nitrogen and oxygen atoms in total. The highest BCUT2D eigenvalue weighted by Gasteiger charge is 2.33. The monoisotopic (exact) mass is 792 g/mol. The minimum Gasteiger partial charge on any atom is -0.444 e. The van der Waals surface area contributed by atoms with Gasteiger partial charge < -0.3 is 24.4 Å². The number of nitrogens with zero attached hydrogens (tertiary/aromatic N) is 3. The highest BCUT2D eigenvalue weighted by Crippen LogP contribution is 2.33. The van der Waals surface area contributed by atoms with Crippen molar-refractivity contribution in [3.63, 3.8) is 0 Å². The average molecular weight is 795 g/mol. The molecule has 2 aliphatic heterocycles. The Labute approximate surface area is 313 Å². The van der Waals surface area contributed by atoms with Crippen molar-refractivity contribution in [2.45, 2.75) is 59.9 Å². The number of alkyl halides is 6. The molecule has 0 aliphatic carbocycles. The first-order valence-electron chi connectivity index (χ1n) is 15.3. The van der Waals surface area contributed by atoms with Crippen LogP contribution in [0.15, 0.2) is 48.5 Å². The molecule has 0 spiro atoms. The number of rotatable bonds is 2. The third-order valence-electron chi connectivity index (χ3n) is 7.73. The molecule has 16 heteroatoms. The minimum absolute atomic E-state index is 0.224. The SMILES string of the molecule is CC(C)(C)OC(=O)N1CCc2c(n(C(=O)OCC(Cl)(Cl)Cl)c3ccccc23)C1.O=C(OCC(Cl)(Cl)Cl)n1c2c(c3ccccc31)CCNC2. The second-order valence-corrected chi connectivity index (χ2v) is 17.5. The largest absolute Gasteiger partial charge is 0.444 e. The fourth-order valence-corrected chi connectivity index (χ4v) is 6.20. The molecular weight excluding hydrogens is 761 g/mol. The number of aromatic nitrogens is 2. The van der Waals surface area contributed by atoms with Crippen LogP contribution in [-0.2, 0) is 40.1 Å². The number of carbonyl (C=O) groups is 3. The second-order valence-electron chi connectivity index (χ2n) is 12.5. The topological polar surface area (TPSA) is 104 Å². The lowest BCUT2D eigenvalue weighted by Crippen LogP contribution is -2.40. The summed E-state index contributed by atoms with van der Waals surface area (Å²) in [6.45, 7) is 7.00. The van der Waals surface area contributed by atoms with Gasteiger partial charge in [-0.1, -0.05) is 106 Å². The molecular formula is C33H34Cl6N4O6. The fourth-order valence-electron chi connectivity index (χ4n) is 5.87. The molecule has 2 aliphatic rings. The molecule has 0 fully saturated rings. The number of fused-ring (bicyclic) bond motifs is 6. The van der Waals surface area contributed by atoms with Crippen LogP contribution in [0, 0.1) is 0 Å². The third kappa shape index (κ3) is 9.22. The van der Waals surface area contributed by atoms with Gasteiger partial charge in [-0.05, 0) is 63.4 Å². The summed E-state index contributed by atoms with van der Waals surface area (Å²) in [7, 11) is 0. The number of carbonyl (C=O) groups excluding carboxylic acids is 3. The molecule has 0 saturated carbocycles. The van der Waals surface area contributed by atoms with Crippen LogP contribution in [0.1, 0.15) is 43.3 Å². The summed E-state index contributed by atoms with van der Waals surface area (Å²) in [5.74, 6) is 0. The highest BCUT2D eigenvalue weighted by atomic mass is 35.6. The molecule has 2 aromatic carbocycles. The molecule has 1 amide bonds. The minimum atomic E-state index is -1.71. The molecule has 1 N–H and O–H groups in total. The lowest BCUT2D eigenvalue weighted by atomic mass is 10.0. The van der Waals surface area contributed by atoms with Crippen LogP contribution in [0.4, 0.5) is 14.4 Å². The van der Waals surface area contributed by atoms with Gasteiger partial charge in [0.15, 0.2) is 0 Å². The van der Waals surface area contributed by atoms with Gasteiger partial charge in [0.2, 0.25) is 7.59 Å². The van der Waals surface area contributed by atoms with E-state index in [9.17, 15) is 14.4 Å². The predicted octanol–water partition coefficient (Wildman–Crippen LogP) is 8.93. The molecule has 6 rings (SSSR count). The van der Waals surface area contributed by atoms with Crippen LogP contribution < -0.4 is 5.32 Å². The van der Waals surface area contributed by atoms with E-state index in [1.165, 1.54) is 10.1 Å². The standard InChI is InChI=1S/C19H21Cl3N2O4.C14H13Cl3N2O2/c1-18(2,3)28-16(25)23-9-8-13-12-6-4-5-7-14(12)24(15(13)10-23)17(26)27-11-19(20,21)22;15-14(16,17)8-21-13(20)19-11-4-2-1-3-9(11)10-5-6-18-7-12(10)19/h4-7H,8-11H2,1-3H3;1-4,18H,5-8H2. The van der Waals surface area contributed by atoms with Gasteiger partial charge in [-0.3, -0.25) is 0 Å². The maximum absolute atomic E-state index is 12.8. The summed E-state index contributed by atoms with van der Waals surface area (Å²) in [6, 6.07) is 15.3. The van der Waals surface area contributed by atoms with Gasteiger partial charge in [0, 0.05) is 29.6 Å². The van der Waals surface area contributed by atoms with E-state index in [0.717, 1.165) is 40.5 Å². The maximum Gasteiger partial charge on any atom is 0.418 e. The normalized spacial score (nSPS) is 14.8. The molecule has 264 valence electrons. The van der Waals surface area contributed by atoms with E-state index in [1.807, 2.05) is 69.3 Å². The van der Waals surface area contributed by atoms with Gasteiger partial charge in [0.25, 0.3) is 0 Å². The molecule has 0 bridgehead atoms. The maximum atomic E-state index is 12.8. The summed E-state index contributed by atoms with van der Waals surface area (Å²) in [4.78, 5) is 39.2. The van der Waals surface area contributed by atoms with Crippen LogP contribution in [0.2, 0.25) is 0 Å². The van der Waals surface area contributed by atoms with E-state index in [4.69, 9.17) is 83.8 Å². The Balaban J connectivity index is 0.000000199. The summed E-state index contributed by atoms with van der Waals surface area (Å²) in [6.07, 6.45) is -0.137. The quantitative estimate of drug-likeness (QED) is 0.160. The number of ether oxygens (including phenoxy) is 3. The number of hydrogen-bond donors (Lipinski definition) is 1. The second kappa shape index (κ2) is 15.0. The number of amides is 1. The van der Waals surface area contributed by atoms with Crippen molar-refractivity contribution in [1.29, 1.82) is 0 Å². The smallest absolute Gasteiger partial charge is 0.418 e. The predicted molar refractivity (Wildman–Crippen MR) is 194 cm³/mol. The molecule has 2 aromatic heterocycles. The molecule has 49 heavy (non-hydrogen) atoms. The van der Waals surface area contributed by atoms with Gasteiger partial charge in [0.1, 0.15) is 18.8 Å². The zero-order chi connectivity index (χ0) is 35.7. The van der Waals surface area contributed by atoms with Gasteiger partial charge in [-0.2, -0.15) is 0 Å². The lowest BCUT2D eigenvalue weighted by Gasteiger charge is -2.30. The van der Waals surface area contributed by atoms with Crippen LogP contribution in [0.25, 0.3) is 21.8 Å². The van der Waals surface area contributed by atoms with Crippen molar-refractivity contribution in [3.8, 4) is 0 Å². The van der Waals surface area contributed by atoms with E-state index in [2.05, 4.69) is 5.32 Å². The number of para-hydroxylation sites is 2. The summed E-state index contributed by atoms with van der Waals surface area (Å²) in [5, 5.41) is 5.27. The van der Waals surface area contributed by atoms with Crippen LogP contribution in [0.5, 0.6) is 0 Å². The molecule has 0 unspecified atom stereocenters. The summed E-state index contributed by atoms with van der Waals surface area (Å²) in [5.41, 5.74) is 4.67. The molecule has 0 radical (unpaired) electrons. The molecule has 0 saturated heterocycles. The van der Waals surface area contributed by atoms with Crippen LogP contribution in [-0.4, -0.2) is 71.8 Å². The van der Waals surface area contributed by atoms with Gasteiger partial charge in [0.05, 0.1) is 23.3 Å². The van der Waals surface area contributed by atoms with E-state index < -0.39 is 31.5 Å². The lowest BCUT2D eigenvalue weighted by molar-refractivity contribution is 0.0218. The van der Waals surface area contributed by atoms with Crippen molar-refractivity contribution in [3.05, 3.63) is 71.0 Å². The highest BCUT2D eigenvalue weighted by molar-refractivity contribution is 6.68. The first-order valence-corrected chi connectivity index (χ1v) is 17.6. The van der Waals surface area contributed by atoms with Gasteiger partial charge in [-0.15, -0.1) is 0 Å². The Morgan fingerprint density at radius 3 is 1.71 bits per heavy atom.